The van der Waals surface area contributed by atoms with Gasteiger partial charge in [0.05, 0.1) is 6.54 Å². The Morgan fingerprint density at radius 2 is 1.96 bits per heavy atom. The van der Waals surface area contributed by atoms with Crippen molar-refractivity contribution in [3.05, 3.63) is 64.4 Å². The molecule has 3 aromatic rings. The molecule has 3 rings (SSSR count). The van der Waals surface area contributed by atoms with Gasteiger partial charge in [0.15, 0.2) is 11.8 Å². The highest BCUT2D eigenvalue weighted by atomic mass is 127. The summed E-state index contributed by atoms with van der Waals surface area (Å²) in [6.07, 6.45) is 0. The molecule has 0 amide bonds. The van der Waals surface area contributed by atoms with Crippen LogP contribution in [-0.4, -0.2) is 33.0 Å². The number of hydrogen-bond donors (Lipinski definition) is 2. The molecule has 2 aromatic heterocycles. The van der Waals surface area contributed by atoms with Crippen molar-refractivity contribution in [2.45, 2.75) is 24.9 Å². The molecule has 2 heterocycles. The monoisotopic (exact) mass is 528 g/mol. The number of benzene rings is 1. The van der Waals surface area contributed by atoms with E-state index in [1.54, 1.807) is 11.3 Å². The molecule has 0 saturated heterocycles. The minimum absolute atomic E-state index is 0. The van der Waals surface area contributed by atoms with Gasteiger partial charge in [-0.2, -0.15) is 0 Å². The number of aromatic nitrogens is 3. The number of aryl methyl sites for hydroxylation is 1. The second-order valence-electron chi connectivity index (χ2n) is 5.91. The lowest BCUT2D eigenvalue weighted by Crippen LogP contribution is -2.38. The number of guanidine groups is 1. The fraction of sp³-hybridized carbons (Fsp3) is 0.316. The lowest BCUT2D eigenvalue weighted by Gasteiger charge is -2.12. The van der Waals surface area contributed by atoms with E-state index in [0.29, 0.717) is 6.54 Å². The molecule has 0 fully saturated rings. The summed E-state index contributed by atoms with van der Waals surface area (Å²) in [6.45, 7) is 4.01. The molecule has 0 aliphatic carbocycles. The van der Waals surface area contributed by atoms with Crippen LogP contribution in [0.3, 0.4) is 0 Å². The summed E-state index contributed by atoms with van der Waals surface area (Å²) in [5, 5.41) is 17.2. The Morgan fingerprint density at radius 3 is 2.64 bits per heavy atom. The van der Waals surface area contributed by atoms with Crippen molar-refractivity contribution in [3.8, 4) is 0 Å². The minimum atomic E-state index is 0. The Balaban J connectivity index is 0.00000280. The van der Waals surface area contributed by atoms with E-state index in [2.05, 4.69) is 67.6 Å². The number of halogens is 1. The zero-order valence-corrected chi connectivity index (χ0v) is 19.9. The smallest absolute Gasteiger partial charge is 0.192 e. The van der Waals surface area contributed by atoms with Crippen molar-refractivity contribution in [1.82, 2.24) is 25.4 Å². The van der Waals surface area contributed by atoms with Gasteiger partial charge in [0.25, 0.3) is 0 Å². The topological polar surface area (TPSA) is 67.1 Å². The molecule has 9 heteroatoms. The van der Waals surface area contributed by atoms with Crippen molar-refractivity contribution in [3.63, 3.8) is 0 Å². The molecular formula is C19H25IN6S2. The molecule has 150 valence electrons. The Bertz CT molecular complexity index is 849. The van der Waals surface area contributed by atoms with E-state index in [0.717, 1.165) is 36.5 Å². The molecule has 0 aliphatic rings. The Morgan fingerprint density at radius 1 is 1.14 bits per heavy atom. The van der Waals surface area contributed by atoms with Crippen molar-refractivity contribution in [2.75, 3.05) is 12.3 Å². The van der Waals surface area contributed by atoms with E-state index in [1.165, 1.54) is 9.77 Å². The van der Waals surface area contributed by atoms with Crippen molar-refractivity contribution in [1.29, 1.82) is 0 Å². The molecule has 0 atom stereocenters. The van der Waals surface area contributed by atoms with E-state index in [4.69, 9.17) is 0 Å². The van der Waals surface area contributed by atoms with Gasteiger partial charge in [0, 0.05) is 29.1 Å². The summed E-state index contributed by atoms with van der Waals surface area (Å²) >= 11 is 3.56. The summed E-state index contributed by atoms with van der Waals surface area (Å²) in [5.41, 5.74) is 0. The molecule has 0 aliphatic heterocycles. The van der Waals surface area contributed by atoms with Crippen LogP contribution in [0.1, 0.15) is 16.5 Å². The third kappa shape index (κ3) is 7.10. The van der Waals surface area contributed by atoms with Gasteiger partial charge >= 0.3 is 0 Å². The van der Waals surface area contributed by atoms with Crippen LogP contribution in [0.4, 0.5) is 0 Å². The predicted octanol–water partition coefficient (Wildman–Crippen LogP) is 3.83. The number of nitrogens with zero attached hydrogens (tertiary/aromatic N) is 4. The zero-order valence-electron chi connectivity index (χ0n) is 16.0. The van der Waals surface area contributed by atoms with Gasteiger partial charge in [0.1, 0.15) is 12.4 Å². The fourth-order valence-electron chi connectivity index (χ4n) is 2.35. The van der Waals surface area contributed by atoms with Gasteiger partial charge in [-0.1, -0.05) is 24.3 Å². The van der Waals surface area contributed by atoms with E-state index in [1.807, 2.05) is 36.4 Å². The number of thioether (sulfide) groups is 1. The third-order valence-corrected chi connectivity index (χ3v) is 5.87. The molecule has 0 bridgehead atoms. The van der Waals surface area contributed by atoms with Crippen LogP contribution in [0.2, 0.25) is 0 Å². The van der Waals surface area contributed by atoms with Crippen molar-refractivity contribution < 1.29 is 0 Å². The maximum atomic E-state index is 4.68. The second kappa shape index (κ2) is 12.1. The Hall–Kier alpha value is -1.59. The van der Waals surface area contributed by atoms with Crippen LogP contribution in [0, 0.1) is 6.92 Å². The van der Waals surface area contributed by atoms with Crippen LogP contribution in [0.25, 0.3) is 0 Å². The van der Waals surface area contributed by atoms with Gasteiger partial charge < -0.3 is 15.2 Å². The molecule has 1 aromatic carbocycles. The van der Waals surface area contributed by atoms with E-state index in [9.17, 15) is 0 Å². The van der Waals surface area contributed by atoms with Gasteiger partial charge in [0.2, 0.25) is 0 Å². The van der Waals surface area contributed by atoms with Crippen LogP contribution in [-0.2, 0) is 20.1 Å². The number of rotatable bonds is 8. The first-order chi connectivity index (χ1) is 13.2. The summed E-state index contributed by atoms with van der Waals surface area (Å²) in [4.78, 5) is 7.23. The minimum Gasteiger partial charge on any atom is -0.356 e. The first kappa shape index (κ1) is 22.7. The molecule has 0 unspecified atom stereocenters. The molecule has 0 saturated carbocycles. The highest BCUT2D eigenvalue weighted by molar-refractivity contribution is 14.0. The number of nitrogens with one attached hydrogen (secondary N) is 2. The largest absolute Gasteiger partial charge is 0.356 e. The molecule has 2 N–H and O–H groups in total. The normalized spacial score (nSPS) is 11.1. The standard InChI is InChI=1S/C19H24N6S2.HI/c1-15-23-24-18(25(15)2)14-22-19(21-13-17-9-6-11-26-17)20-10-12-27-16-7-4-3-5-8-16;/h3-9,11H,10,12-14H2,1-2H3,(H2,20,21,22);1H. The summed E-state index contributed by atoms with van der Waals surface area (Å²) in [7, 11) is 1.96. The molecule has 0 spiro atoms. The van der Waals surface area contributed by atoms with Crippen LogP contribution < -0.4 is 10.6 Å². The van der Waals surface area contributed by atoms with Gasteiger partial charge in [-0.3, -0.25) is 0 Å². The quantitative estimate of drug-likeness (QED) is 0.153. The van der Waals surface area contributed by atoms with Gasteiger partial charge in [-0.25, -0.2) is 4.99 Å². The van der Waals surface area contributed by atoms with Crippen molar-refractivity contribution >= 4 is 53.0 Å². The predicted molar refractivity (Wildman–Crippen MR) is 129 cm³/mol. The van der Waals surface area contributed by atoms with Crippen LogP contribution >= 0.6 is 47.1 Å². The van der Waals surface area contributed by atoms with E-state index in [-0.39, 0.29) is 24.0 Å². The lowest BCUT2D eigenvalue weighted by molar-refractivity contribution is 0.758. The summed E-state index contributed by atoms with van der Waals surface area (Å²) in [6, 6.07) is 14.6. The van der Waals surface area contributed by atoms with Crippen molar-refractivity contribution in [2.24, 2.45) is 12.0 Å². The molecule has 6 nitrogen and oxygen atoms in total. The maximum Gasteiger partial charge on any atom is 0.192 e. The van der Waals surface area contributed by atoms with E-state index < -0.39 is 0 Å². The summed E-state index contributed by atoms with van der Waals surface area (Å²) < 4.78 is 1.96. The highest BCUT2D eigenvalue weighted by Gasteiger charge is 2.05. The van der Waals surface area contributed by atoms with Gasteiger partial charge in [-0.05, 0) is 30.5 Å². The average molecular weight is 528 g/mol. The number of aliphatic imine (C=N–C) groups is 1. The highest BCUT2D eigenvalue weighted by Crippen LogP contribution is 2.15. The van der Waals surface area contributed by atoms with E-state index >= 15 is 0 Å². The maximum absolute atomic E-state index is 4.68. The Labute approximate surface area is 191 Å². The molecular weight excluding hydrogens is 503 g/mol. The van der Waals surface area contributed by atoms with Crippen LogP contribution in [0.5, 0.6) is 0 Å². The third-order valence-electron chi connectivity index (χ3n) is 3.98. The molecule has 0 radical (unpaired) electrons. The Kier molecular flexibility index (Phi) is 9.79. The van der Waals surface area contributed by atoms with Crippen LogP contribution in [0.15, 0.2) is 57.7 Å². The zero-order chi connectivity index (χ0) is 18.9. The fourth-order valence-corrected chi connectivity index (χ4v) is 3.79. The summed E-state index contributed by atoms with van der Waals surface area (Å²) in [5.74, 6) is 3.49. The first-order valence-electron chi connectivity index (χ1n) is 8.79. The average Bonchev–Trinajstić information content (AvgIpc) is 3.32. The number of thiophene rings is 1. The first-order valence-corrected chi connectivity index (χ1v) is 10.7. The SMILES string of the molecule is Cc1nnc(CN=C(NCCSc2ccccc2)NCc2cccs2)n1C.I. The van der Waals surface area contributed by atoms with Gasteiger partial charge in [-0.15, -0.1) is 57.3 Å². The number of hydrogen-bond acceptors (Lipinski definition) is 5. The molecule has 28 heavy (non-hydrogen) atoms. The lowest BCUT2D eigenvalue weighted by atomic mass is 10.4. The second-order valence-corrected chi connectivity index (χ2v) is 8.11.